The first-order valence-corrected chi connectivity index (χ1v) is 12.5. The molecule has 3 heterocycles. The average molecular weight is 519 g/mol. The van der Waals surface area contributed by atoms with Gasteiger partial charge in [-0.15, -0.1) is 0 Å². The third-order valence-electron chi connectivity index (χ3n) is 7.21. The van der Waals surface area contributed by atoms with Gasteiger partial charge < -0.3 is 9.30 Å². The summed E-state index contributed by atoms with van der Waals surface area (Å²) < 4.78 is 7.91. The van der Waals surface area contributed by atoms with Crippen molar-refractivity contribution in [1.82, 2.24) is 9.55 Å². The minimum atomic E-state index is -0.452. The van der Waals surface area contributed by atoms with E-state index in [-0.39, 0.29) is 12.1 Å². The van der Waals surface area contributed by atoms with Crippen molar-refractivity contribution in [3.05, 3.63) is 92.6 Å². The number of urea groups is 1. The van der Waals surface area contributed by atoms with E-state index in [0.717, 1.165) is 50.8 Å². The van der Waals surface area contributed by atoms with E-state index in [0.29, 0.717) is 15.9 Å². The van der Waals surface area contributed by atoms with Crippen LogP contribution in [0.3, 0.4) is 0 Å². The molecule has 2 aliphatic rings. The molecule has 0 fully saturated rings. The number of anilines is 2. The van der Waals surface area contributed by atoms with Crippen LogP contribution in [-0.2, 0) is 0 Å². The highest BCUT2D eigenvalue weighted by atomic mass is 35.5. The first-order chi connectivity index (χ1) is 17.3. The zero-order valence-corrected chi connectivity index (χ0v) is 21.8. The third kappa shape index (κ3) is 3.25. The van der Waals surface area contributed by atoms with Crippen molar-refractivity contribution in [2.24, 2.45) is 0 Å². The van der Waals surface area contributed by atoms with Gasteiger partial charge in [-0.05, 0) is 73.4 Å². The molecule has 2 unspecified atom stereocenters. The molecule has 0 spiro atoms. The van der Waals surface area contributed by atoms with Gasteiger partial charge in [-0.3, -0.25) is 10.2 Å². The summed E-state index contributed by atoms with van der Waals surface area (Å²) in [5.41, 5.74) is 6.61. The van der Waals surface area contributed by atoms with E-state index >= 15 is 0 Å². The number of carbonyl (C=O) groups is 1. The predicted octanol–water partition coefficient (Wildman–Crippen LogP) is 7.55. The van der Waals surface area contributed by atoms with Crippen molar-refractivity contribution >= 4 is 40.7 Å². The normalized spacial score (nSPS) is 17.9. The van der Waals surface area contributed by atoms with Gasteiger partial charge in [0.15, 0.2) is 5.82 Å². The number of imidazole rings is 1. The zero-order chi connectivity index (χ0) is 25.3. The molecule has 8 heteroatoms. The molecule has 0 aliphatic carbocycles. The van der Waals surface area contributed by atoms with E-state index in [2.05, 4.69) is 22.9 Å². The van der Waals surface area contributed by atoms with Crippen LogP contribution in [0.1, 0.15) is 47.0 Å². The van der Waals surface area contributed by atoms with Gasteiger partial charge in [0.1, 0.15) is 17.6 Å². The topological polar surface area (TPSA) is 59.4 Å². The van der Waals surface area contributed by atoms with Crippen LogP contribution in [0.15, 0.2) is 54.6 Å². The molecule has 1 N–H and O–H groups in total. The van der Waals surface area contributed by atoms with Gasteiger partial charge in [0.25, 0.3) is 0 Å². The summed E-state index contributed by atoms with van der Waals surface area (Å²) in [5.74, 6) is 2.09. The molecule has 0 saturated carbocycles. The van der Waals surface area contributed by atoms with Gasteiger partial charge in [-0.2, -0.15) is 0 Å². The Morgan fingerprint density at radius 2 is 1.72 bits per heavy atom. The van der Waals surface area contributed by atoms with Gasteiger partial charge in [-0.1, -0.05) is 47.5 Å². The first-order valence-electron chi connectivity index (χ1n) is 11.7. The lowest BCUT2D eigenvalue weighted by Gasteiger charge is -2.38. The van der Waals surface area contributed by atoms with Crippen molar-refractivity contribution in [3.63, 3.8) is 0 Å². The van der Waals surface area contributed by atoms with E-state index in [1.165, 1.54) is 0 Å². The molecule has 1 aromatic heterocycles. The maximum absolute atomic E-state index is 13.7. The van der Waals surface area contributed by atoms with E-state index < -0.39 is 6.04 Å². The largest absolute Gasteiger partial charge is 0.496 e. The Morgan fingerprint density at radius 1 is 0.972 bits per heavy atom. The Bertz CT molecular complexity index is 1560. The highest BCUT2D eigenvalue weighted by Gasteiger charge is 2.44. The molecule has 0 bridgehead atoms. The maximum atomic E-state index is 13.7. The van der Waals surface area contributed by atoms with Gasteiger partial charge in [-0.25, -0.2) is 9.78 Å². The van der Waals surface area contributed by atoms with E-state index in [9.17, 15) is 4.79 Å². The maximum Gasteiger partial charge on any atom is 0.328 e. The SMILES string of the molecule is COc1cccc2c1-c1nc3c(n1C2C)C(c1ccc(Cl)cc1C)N(c1cc(Cl)ccc1C)C(=O)N3. The quantitative estimate of drug-likeness (QED) is 0.304. The lowest BCUT2D eigenvalue weighted by atomic mass is 9.94. The summed E-state index contributed by atoms with van der Waals surface area (Å²) in [4.78, 5) is 20.5. The van der Waals surface area contributed by atoms with Crippen LogP contribution in [0.5, 0.6) is 5.75 Å². The second-order valence-electron chi connectivity index (χ2n) is 9.27. The number of nitrogens with one attached hydrogen (secondary N) is 1. The summed E-state index contributed by atoms with van der Waals surface area (Å²) in [6.07, 6.45) is 0. The van der Waals surface area contributed by atoms with Crippen molar-refractivity contribution in [2.45, 2.75) is 32.9 Å². The summed E-state index contributed by atoms with van der Waals surface area (Å²) in [6, 6.07) is 16.7. The van der Waals surface area contributed by atoms with Crippen molar-refractivity contribution in [3.8, 4) is 17.1 Å². The fourth-order valence-corrected chi connectivity index (χ4v) is 5.93. The van der Waals surface area contributed by atoms with E-state index in [1.54, 1.807) is 12.0 Å². The zero-order valence-electron chi connectivity index (χ0n) is 20.3. The minimum absolute atomic E-state index is 0.00577. The van der Waals surface area contributed by atoms with Crippen molar-refractivity contribution < 1.29 is 9.53 Å². The van der Waals surface area contributed by atoms with Gasteiger partial charge in [0.2, 0.25) is 0 Å². The molecule has 2 aliphatic heterocycles. The molecule has 2 amide bonds. The van der Waals surface area contributed by atoms with E-state index in [4.69, 9.17) is 32.9 Å². The molecule has 182 valence electrons. The molecule has 6 nitrogen and oxygen atoms in total. The summed E-state index contributed by atoms with van der Waals surface area (Å²) in [5, 5.41) is 4.25. The summed E-state index contributed by atoms with van der Waals surface area (Å²) >= 11 is 12.7. The number of methoxy groups -OCH3 is 1. The smallest absolute Gasteiger partial charge is 0.328 e. The number of hydrogen-bond donors (Lipinski definition) is 1. The Balaban J connectivity index is 1.66. The molecule has 6 rings (SSSR count). The third-order valence-corrected chi connectivity index (χ3v) is 7.68. The van der Waals surface area contributed by atoms with Gasteiger partial charge in [0, 0.05) is 10.0 Å². The van der Waals surface area contributed by atoms with Gasteiger partial charge in [0.05, 0.1) is 30.1 Å². The van der Waals surface area contributed by atoms with Crippen molar-refractivity contribution in [1.29, 1.82) is 0 Å². The molecule has 2 atom stereocenters. The molecular formula is C28H24Cl2N4O2. The number of carbonyl (C=O) groups excluding carboxylic acids is 1. The van der Waals surface area contributed by atoms with Crippen LogP contribution in [0.2, 0.25) is 10.0 Å². The predicted molar refractivity (Wildman–Crippen MR) is 144 cm³/mol. The lowest BCUT2D eigenvalue weighted by molar-refractivity contribution is 0.254. The number of halogens is 2. The number of hydrogen-bond acceptors (Lipinski definition) is 3. The number of benzene rings is 3. The fourth-order valence-electron chi connectivity index (χ4n) is 5.54. The number of aromatic nitrogens is 2. The Hall–Kier alpha value is -3.48. The van der Waals surface area contributed by atoms with Crippen LogP contribution in [0.4, 0.5) is 16.3 Å². The number of amides is 2. The number of nitrogens with zero attached hydrogens (tertiary/aromatic N) is 3. The van der Waals surface area contributed by atoms with Crippen LogP contribution >= 0.6 is 23.2 Å². The number of aryl methyl sites for hydroxylation is 2. The van der Waals surface area contributed by atoms with Crippen LogP contribution in [0, 0.1) is 13.8 Å². The van der Waals surface area contributed by atoms with Gasteiger partial charge >= 0.3 is 6.03 Å². The van der Waals surface area contributed by atoms with Crippen molar-refractivity contribution in [2.75, 3.05) is 17.3 Å². The monoisotopic (exact) mass is 518 g/mol. The lowest BCUT2D eigenvalue weighted by Crippen LogP contribution is -2.44. The second-order valence-corrected chi connectivity index (χ2v) is 10.1. The Morgan fingerprint density at radius 3 is 2.47 bits per heavy atom. The van der Waals surface area contributed by atoms with Crippen LogP contribution < -0.4 is 15.0 Å². The Labute approximate surface area is 219 Å². The number of rotatable bonds is 3. The minimum Gasteiger partial charge on any atom is -0.496 e. The fraction of sp³-hybridized carbons (Fsp3) is 0.214. The molecule has 0 radical (unpaired) electrons. The average Bonchev–Trinajstić information content (AvgIpc) is 3.35. The number of fused-ring (bicyclic) bond motifs is 5. The number of ether oxygens (including phenoxy) is 1. The summed E-state index contributed by atoms with van der Waals surface area (Å²) in [7, 11) is 1.66. The molecular weight excluding hydrogens is 495 g/mol. The standard InChI is InChI=1S/C28H24Cl2N4O2/c1-14-8-9-18(30)13-21(14)34-24(19-11-10-17(29)12-15(19)2)25-26(32-28(34)35)31-27-23-20(16(3)33(25)27)6-5-7-22(23)36-4/h5-13,16,24H,1-4H3,(H,32,35). The molecule has 0 saturated heterocycles. The summed E-state index contributed by atoms with van der Waals surface area (Å²) in [6.45, 7) is 6.14. The van der Waals surface area contributed by atoms with Crippen LogP contribution in [-0.4, -0.2) is 22.7 Å². The second kappa shape index (κ2) is 8.29. The highest BCUT2D eigenvalue weighted by molar-refractivity contribution is 6.31. The molecule has 36 heavy (non-hydrogen) atoms. The van der Waals surface area contributed by atoms with E-state index in [1.807, 2.05) is 62.4 Å². The highest BCUT2D eigenvalue weighted by Crippen LogP contribution is 2.51. The molecule has 3 aromatic carbocycles. The molecule has 4 aromatic rings. The first kappa shape index (κ1) is 23.0. The Kier molecular flexibility index (Phi) is 5.28. The van der Waals surface area contributed by atoms with Crippen LogP contribution in [0.25, 0.3) is 11.4 Å².